The van der Waals surface area contributed by atoms with E-state index in [1.54, 1.807) is 0 Å². The second-order valence-corrected chi connectivity index (χ2v) is 4.13. The average molecular weight is 264 g/mol. The molecule has 0 saturated heterocycles. The monoisotopic (exact) mass is 264 g/mol. The van der Waals surface area contributed by atoms with Gasteiger partial charge in [-0.2, -0.15) is 0 Å². The Kier molecular flexibility index (Phi) is 7.04. The van der Waals surface area contributed by atoms with E-state index in [2.05, 4.69) is 15.8 Å². The maximum absolute atomic E-state index is 11.5. The van der Waals surface area contributed by atoms with Crippen LogP contribution in [0, 0.1) is 0 Å². The van der Waals surface area contributed by atoms with Crippen molar-refractivity contribution in [2.24, 2.45) is 10.9 Å². The lowest BCUT2D eigenvalue weighted by Crippen LogP contribution is -2.34. The quantitative estimate of drug-likeness (QED) is 0.180. The number of hydrogen-bond donors (Lipinski definition) is 4. The van der Waals surface area contributed by atoms with Crippen molar-refractivity contribution < 1.29 is 10.0 Å². The second-order valence-electron chi connectivity index (χ2n) is 4.13. The zero-order valence-electron chi connectivity index (χ0n) is 10.8. The Hall–Kier alpha value is -2.08. The first-order valence-corrected chi connectivity index (χ1v) is 6.20. The number of carbonyl (C=O) groups is 1. The molecule has 5 N–H and O–H groups in total. The molecule has 0 unspecified atom stereocenters. The fraction of sp³-hybridized carbons (Fsp3) is 0.385. The molecule has 0 radical (unpaired) electrons. The molecule has 1 amide bonds. The molecule has 1 aromatic carbocycles. The smallest absolute Gasteiger partial charge is 0.234 e. The molecular formula is C13H20N4O2. The number of amidine groups is 1. The van der Waals surface area contributed by atoms with Crippen LogP contribution in [0.2, 0.25) is 0 Å². The number of hydrogen-bond acceptors (Lipinski definition) is 4. The Bertz CT molecular complexity index is 406. The van der Waals surface area contributed by atoms with Crippen LogP contribution in [-0.2, 0) is 11.3 Å². The minimum Gasteiger partial charge on any atom is -0.409 e. The van der Waals surface area contributed by atoms with E-state index in [0.717, 1.165) is 12.0 Å². The lowest BCUT2D eigenvalue weighted by Gasteiger charge is -2.06. The molecule has 0 fully saturated rings. The Morgan fingerprint density at radius 1 is 1.32 bits per heavy atom. The zero-order valence-corrected chi connectivity index (χ0v) is 10.8. The van der Waals surface area contributed by atoms with Crippen LogP contribution in [0.3, 0.4) is 0 Å². The molecule has 1 aromatic rings. The van der Waals surface area contributed by atoms with E-state index >= 15 is 0 Å². The summed E-state index contributed by atoms with van der Waals surface area (Å²) in [4.78, 5) is 11.5. The molecule has 0 aromatic heterocycles. The standard InChI is InChI=1S/C13H20N4O2/c14-12(17-19)7-4-8-15-10-13(18)16-9-11-5-2-1-3-6-11/h1-3,5-6,15,19H,4,7-10H2,(H2,14,17)(H,16,18). The van der Waals surface area contributed by atoms with E-state index in [1.165, 1.54) is 0 Å². The van der Waals surface area contributed by atoms with E-state index < -0.39 is 0 Å². The van der Waals surface area contributed by atoms with E-state index in [4.69, 9.17) is 10.9 Å². The molecule has 6 heteroatoms. The van der Waals surface area contributed by atoms with Gasteiger partial charge in [-0.05, 0) is 18.5 Å². The van der Waals surface area contributed by atoms with E-state index in [0.29, 0.717) is 19.5 Å². The third-order valence-electron chi connectivity index (χ3n) is 2.53. The highest BCUT2D eigenvalue weighted by Crippen LogP contribution is 1.96. The SMILES string of the molecule is NC(CCCNCC(=O)NCc1ccccc1)=NO. The number of nitrogens with two attached hydrogens (primary N) is 1. The predicted molar refractivity (Wildman–Crippen MR) is 73.8 cm³/mol. The summed E-state index contributed by atoms with van der Waals surface area (Å²) in [5.74, 6) is 0.156. The zero-order chi connectivity index (χ0) is 13.9. The number of nitrogens with zero attached hydrogens (tertiary/aromatic N) is 1. The highest BCUT2D eigenvalue weighted by Gasteiger charge is 2.00. The largest absolute Gasteiger partial charge is 0.409 e. The first kappa shape index (κ1) is 15.0. The maximum atomic E-state index is 11.5. The summed E-state index contributed by atoms with van der Waals surface area (Å²) in [6, 6.07) is 9.74. The van der Waals surface area contributed by atoms with Crippen LogP contribution < -0.4 is 16.4 Å². The van der Waals surface area contributed by atoms with Gasteiger partial charge in [0.05, 0.1) is 6.54 Å². The summed E-state index contributed by atoms with van der Waals surface area (Å²) in [5.41, 5.74) is 6.39. The Labute approximate surface area is 112 Å². The first-order chi connectivity index (χ1) is 9.22. The molecule has 0 aliphatic rings. The number of carbonyl (C=O) groups excluding carboxylic acids is 1. The molecule has 0 spiro atoms. The van der Waals surface area contributed by atoms with Crippen LogP contribution in [-0.4, -0.2) is 30.0 Å². The third kappa shape index (κ3) is 7.05. The second kappa shape index (κ2) is 8.93. The van der Waals surface area contributed by atoms with Gasteiger partial charge >= 0.3 is 0 Å². The molecule has 0 saturated carbocycles. The molecule has 6 nitrogen and oxygen atoms in total. The number of rotatable bonds is 8. The van der Waals surface area contributed by atoms with E-state index in [1.807, 2.05) is 30.3 Å². The van der Waals surface area contributed by atoms with Crippen molar-refractivity contribution in [3.8, 4) is 0 Å². The summed E-state index contributed by atoms with van der Waals surface area (Å²) in [7, 11) is 0. The third-order valence-corrected chi connectivity index (χ3v) is 2.53. The highest BCUT2D eigenvalue weighted by atomic mass is 16.4. The van der Waals surface area contributed by atoms with Crippen LogP contribution in [0.5, 0.6) is 0 Å². The lowest BCUT2D eigenvalue weighted by atomic mass is 10.2. The normalized spacial score (nSPS) is 11.3. The van der Waals surface area contributed by atoms with Crippen LogP contribution in [0.15, 0.2) is 35.5 Å². The topological polar surface area (TPSA) is 99.7 Å². The Morgan fingerprint density at radius 2 is 2.05 bits per heavy atom. The molecule has 104 valence electrons. The average Bonchev–Trinajstić information content (AvgIpc) is 2.45. The summed E-state index contributed by atoms with van der Waals surface area (Å²) >= 11 is 0. The van der Waals surface area contributed by atoms with Gasteiger partial charge in [-0.25, -0.2) is 0 Å². The highest BCUT2D eigenvalue weighted by molar-refractivity contribution is 5.79. The van der Waals surface area contributed by atoms with Gasteiger partial charge in [0.2, 0.25) is 5.91 Å². The molecule has 0 aliphatic heterocycles. The predicted octanol–water partition coefficient (Wildman–Crippen LogP) is 0.419. The van der Waals surface area contributed by atoms with Crippen molar-refractivity contribution in [2.45, 2.75) is 19.4 Å². The van der Waals surface area contributed by atoms with Gasteiger partial charge in [0.25, 0.3) is 0 Å². The minimum absolute atomic E-state index is 0.0485. The summed E-state index contributed by atoms with van der Waals surface area (Å²) in [5, 5.41) is 17.0. The minimum atomic E-state index is -0.0485. The molecule has 0 aliphatic carbocycles. The number of benzene rings is 1. The van der Waals surface area contributed by atoms with Gasteiger partial charge in [-0.1, -0.05) is 35.5 Å². The van der Waals surface area contributed by atoms with Gasteiger partial charge in [0.1, 0.15) is 5.84 Å². The van der Waals surface area contributed by atoms with Crippen molar-refractivity contribution in [2.75, 3.05) is 13.1 Å². The van der Waals surface area contributed by atoms with Crippen LogP contribution >= 0.6 is 0 Å². The molecule has 19 heavy (non-hydrogen) atoms. The van der Waals surface area contributed by atoms with Crippen molar-refractivity contribution >= 4 is 11.7 Å². The summed E-state index contributed by atoms with van der Waals surface area (Å²) in [6.45, 7) is 1.45. The fourth-order valence-electron chi connectivity index (χ4n) is 1.51. The maximum Gasteiger partial charge on any atom is 0.234 e. The van der Waals surface area contributed by atoms with Crippen molar-refractivity contribution in [3.05, 3.63) is 35.9 Å². The van der Waals surface area contributed by atoms with Gasteiger partial charge in [0.15, 0.2) is 0 Å². The first-order valence-electron chi connectivity index (χ1n) is 6.20. The molecule has 0 heterocycles. The van der Waals surface area contributed by atoms with Gasteiger partial charge in [-0.3, -0.25) is 4.79 Å². The summed E-state index contributed by atoms with van der Waals surface area (Å²) < 4.78 is 0. The van der Waals surface area contributed by atoms with Gasteiger partial charge < -0.3 is 21.6 Å². The van der Waals surface area contributed by atoms with E-state index in [9.17, 15) is 4.79 Å². The molecule has 1 rings (SSSR count). The number of nitrogens with one attached hydrogen (secondary N) is 2. The summed E-state index contributed by atoms with van der Waals surface area (Å²) in [6.07, 6.45) is 1.23. The number of amides is 1. The van der Waals surface area contributed by atoms with Gasteiger partial charge in [-0.15, -0.1) is 0 Å². The van der Waals surface area contributed by atoms with Crippen LogP contribution in [0.25, 0.3) is 0 Å². The van der Waals surface area contributed by atoms with Gasteiger partial charge in [0, 0.05) is 13.0 Å². The molecular weight excluding hydrogens is 244 g/mol. The van der Waals surface area contributed by atoms with Crippen molar-refractivity contribution in [1.29, 1.82) is 0 Å². The van der Waals surface area contributed by atoms with Crippen molar-refractivity contribution in [3.63, 3.8) is 0 Å². The number of oxime groups is 1. The van der Waals surface area contributed by atoms with Crippen LogP contribution in [0.1, 0.15) is 18.4 Å². The van der Waals surface area contributed by atoms with Crippen LogP contribution in [0.4, 0.5) is 0 Å². The Balaban J connectivity index is 2.05. The molecule has 0 bridgehead atoms. The van der Waals surface area contributed by atoms with Crippen molar-refractivity contribution in [1.82, 2.24) is 10.6 Å². The fourth-order valence-corrected chi connectivity index (χ4v) is 1.51. The molecule has 0 atom stereocenters. The lowest BCUT2D eigenvalue weighted by molar-refractivity contribution is -0.120. The Morgan fingerprint density at radius 3 is 2.74 bits per heavy atom. The van der Waals surface area contributed by atoms with E-state index in [-0.39, 0.29) is 18.3 Å².